The first-order chi connectivity index (χ1) is 9.51. The molecule has 1 heterocycles. The molecule has 1 amide bonds. The van der Waals surface area contributed by atoms with Crippen LogP contribution in [0.1, 0.15) is 50.3 Å². The second-order valence-electron chi connectivity index (χ2n) is 6.11. The first-order valence-electron chi connectivity index (χ1n) is 7.62. The summed E-state index contributed by atoms with van der Waals surface area (Å²) in [5.41, 5.74) is 8.55. The summed E-state index contributed by atoms with van der Waals surface area (Å²) in [7, 11) is 0. The van der Waals surface area contributed by atoms with Gasteiger partial charge in [-0.25, -0.2) is 0 Å². The van der Waals surface area contributed by atoms with Crippen LogP contribution in [0.5, 0.6) is 0 Å². The summed E-state index contributed by atoms with van der Waals surface area (Å²) in [6.45, 7) is 8.18. The molecule has 2 rings (SSSR count). The molecule has 0 radical (unpaired) electrons. The number of aryl methyl sites for hydroxylation is 1. The topological polar surface area (TPSA) is 46.3 Å². The fraction of sp³-hybridized carbons (Fsp3) is 0.588. The Labute approximate surface area is 122 Å². The smallest absolute Gasteiger partial charge is 0.244 e. The van der Waals surface area contributed by atoms with Gasteiger partial charge in [-0.05, 0) is 37.2 Å². The van der Waals surface area contributed by atoms with Crippen molar-refractivity contribution in [1.29, 1.82) is 0 Å². The Hall–Kier alpha value is -1.35. The maximum Gasteiger partial charge on any atom is 0.244 e. The van der Waals surface area contributed by atoms with E-state index >= 15 is 0 Å². The van der Waals surface area contributed by atoms with Crippen molar-refractivity contribution in [1.82, 2.24) is 4.90 Å². The summed E-state index contributed by atoms with van der Waals surface area (Å²) >= 11 is 0. The van der Waals surface area contributed by atoms with Gasteiger partial charge in [0.15, 0.2) is 0 Å². The van der Waals surface area contributed by atoms with Crippen molar-refractivity contribution >= 4 is 5.91 Å². The van der Waals surface area contributed by atoms with E-state index in [1.54, 1.807) is 0 Å². The fourth-order valence-corrected chi connectivity index (χ4v) is 3.06. The molecule has 0 aromatic heterocycles. The Balaban J connectivity index is 2.07. The molecule has 1 aromatic carbocycles. The summed E-state index contributed by atoms with van der Waals surface area (Å²) in [6, 6.07) is 7.41. The average molecular weight is 274 g/mol. The molecule has 1 aromatic rings. The summed E-state index contributed by atoms with van der Waals surface area (Å²) in [6.07, 6.45) is 3.37. The largest absolute Gasteiger partial charge is 0.340 e. The van der Waals surface area contributed by atoms with E-state index in [4.69, 9.17) is 5.73 Å². The van der Waals surface area contributed by atoms with Crippen LogP contribution in [0.15, 0.2) is 24.3 Å². The molecule has 0 bridgehead atoms. The highest BCUT2D eigenvalue weighted by atomic mass is 16.2. The van der Waals surface area contributed by atoms with E-state index in [9.17, 15) is 4.79 Å². The molecule has 0 aliphatic carbocycles. The molecule has 3 nitrogen and oxygen atoms in total. The van der Waals surface area contributed by atoms with E-state index in [2.05, 4.69) is 13.8 Å². The lowest BCUT2D eigenvalue weighted by molar-refractivity contribution is -0.132. The molecule has 1 saturated heterocycles. The number of nitrogens with two attached hydrogens (primary N) is 1. The lowest BCUT2D eigenvalue weighted by atomic mass is 9.82. The number of benzene rings is 1. The monoisotopic (exact) mass is 274 g/mol. The number of amides is 1. The van der Waals surface area contributed by atoms with Gasteiger partial charge in [-0.1, -0.05) is 43.7 Å². The third-order valence-corrected chi connectivity index (χ3v) is 4.95. The van der Waals surface area contributed by atoms with Crippen LogP contribution in [0.4, 0.5) is 0 Å². The van der Waals surface area contributed by atoms with E-state index < -0.39 is 6.04 Å². The van der Waals surface area contributed by atoms with E-state index in [-0.39, 0.29) is 5.91 Å². The minimum absolute atomic E-state index is 0.0672. The number of carbonyl (C=O) groups excluding carboxylic acids is 1. The van der Waals surface area contributed by atoms with Crippen LogP contribution >= 0.6 is 0 Å². The molecule has 1 aliphatic heterocycles. The molecule has 1 unspecified atom stereocenters. The Morgan fingerprint density at radius 2 is 1.90 bits per heavy atom. The van der Waals surface area contributed by atoms with Gasteiger partial charge in [-0.3, -0.25) is 4.79 Å². The lowest BCUT2D eigenvalue weighted by Crippen LogP contribution is -2.38. The van der Waals surface area contributed by atoms with Gasteiger partial charge >= 0.3 is 0 Å². The van der Waals surface area contributed by atoms with Crippen molar-refractivity contribution in [2.75, 3.05) is 13.1 Å². The van der Waals surface area contributed by atoms with Gasteiger partial charge in [-0.15, -0.1) is 0 Å². The first kappa shape index (κ1) is 15.0. The van der Waals surface area contributed by atoms with Crippen LogP contribution in [-0.2, 0) is 4.79 Å². The highest BCUT2D eigenvalue weighted by Gasteiger charge is 2.38. The summed E-state index contributed by atoms with van der Waals surface area (Å²) in [4.78, 5) is 14.5. The van der Waals surface area contributed by atoms with Crippen LogP contribution < -0.4 is 5.73 Å². The minimum Gasteiger partial charge on any atom is -0.340 e. The molecular formula is C17H26N2O. The SMILES string of the molecule is CCC1(CC)CCN(C(=O)C(N)c2ccc(C)cc2)C1. The van der Waals surface area contributed by atoms with E-state index in [1.807, 2.05) is 36.1 Å². The van der Waals surface area contributed by atoms with Gasteiger partial charge in [-0.2, -0.15) is 0 Å². The van der Waals surface area contributed by atoms with Crippen molar-refractivity contribution in [3.8, 4) is 0 Å². The molecule has 0 saturated carbocycles. The number of hydrogen-bond acceptors (Lipinski definition) is 2. The predicted octanol–water partition coefficient (Wildman–Crippen LogP) is 3.03. The van der Waals surface area contributed by atoms with Crippen LogP contribution in [0, 0.1) is 12.3 Å². The van der Waals surface area contributed by atoms with Crippen molar-refractivity contribution in [2.24, 2.45) is 11.1 Å². The predicted molar refractivity (Wildman–Crippen MR) is 82.3 cm³/mol. The highest BCUT2D eigenvalue weighted by molar-refractivity contribution is 5.83. The zero-order valence-corrected chi connectivity index (χ0v) is 12.9. The molecule has 1 aliphatic rings. The van der Waals surface area contributed by atoms with Gasteiger partial charge < -0.3 is 10.6 Å². The summed E-state index contributed by atoms with van der Waals surface area (Å²) < 4.78 is 0. The average Bonchev–Trinajstić information content (AvgIpc) is 2.92. The number of rotatable bonds is 4. The van der Waals surface area contributed by atoms with Crippen molar-refractivity contribution in [3.05, 3.63) is 35.4 Å². The van der Waals surface area contributed by atoms with Gasteiger partial charge in [0.1, 0.15) is 6.04 Å². The number of hydrogen-bond donors (Lipinski definition) is 1. The molecule has 3 heteroatoms. The van der Waals surface area contributed by atoms with Crippen LogP contribution in [0.25, 0.3) is 0 Å². The number of nitrogens with zero attached hydrogens (tertiary/aromatic N) is 1. The van der Waals surface area contributed by atoms with Crippen molar-refractivity contribution < 1.29 is 4.79 Å². The zero-order valence-electron chi connectivity index (χ0n) is 12.9. The summed E-state index contributed by atoms with van der Waals surface area (Å²) in [5, 5.41) is 0. The van der Waals surface area contributed by atoms with Gasteiger partial charge in [0.25, 0.3) is 0 Å². The summed E-state index contributed by atoms with van der Waals surface area (Å²) in [5.74, 6) is 0.0672. The standard InChI is InChI=1S/C17H26N2O/c1-4-17(5-2)10-11-19(12-17)16(20)15(18)14-8-6-13(3)7-9-14/h6-9,15H,4-5,10-12,18H2,1-3H3. The second kappa shape index (κ2) is 5.96. The Morgan fingerprint density at radius 1 is 1.30 bits per heavy atom. The molecule has 1 fully saturated rings. The Bertz CT molecular complexity index is 462. The molecular weight excluding hydrogens is 248 g/mol. The van der Waals surface area contributed by atoms with Crippen molar-refractivity contribution in [2.45, 2.75) is 46.1 Å². The third kappa shape index (κ3) is 2.88. The van der Waals surface area contributed by atoms with Gasteiger partial charge in [0.2, 0.25) is 5.91 Å². The second-order valence-corrected chi connectivity index (χ2v) is 6.11. The van der Waals surface area contributed by atoms with E-state index in [1.165, 1.54) is 5.56 Å². The quantitative estimate of drug-likeness (QED) is 0.917. The Morgan fingerprint density at radius 3 is 2.40 bits per heavy atom. The van der Waals surface area contributed by atoms with Gasteiger partial charge in [0, 0.05) is 13.1 Å². The molecule has 2 N–H and O–H groups in total. The molecule has 110 valence electrons. The number of carbonyl (C=O) groups is 1. The molecule has 0 spiro atoms. The van der Waals surface area contributed by atoms with E-state index in [0.717, 1.165) is 37.9 Å². The van der Waals surface area contributed by atoms with Crippen LogP contribution in [0.2, 0.25) is 0 Å². The fourth-order valence-electron chi connectivity index (χ4n) is 3.06. The normalized spacial score (nSPS) is 19.1. The first-order valence-corrected chi connectivity index (χ1v) is 7.62. The lowest BCUT2D eigenvalue weighted by Gasteiger charge is -2.27. The maximum atomic E-state index is 12.6. The van der Waals surface area contributed by atoms with Crippen molar-refractivity contribution in [3.63, 3.8) is 0 Å². The van der Waals surface area contributed by atoms with Crippen LogP contribution in [-0.4, -0.2) is 23.9 Å². The number of likely N-dealkylation sites (tertiary alicyclic amines) is 1. The van der Waals surface area contributed by atoms with Crippen LogP contribution in [0.3, 0.4) is 0 Å². The highest BCUT2D eigenvalue weighted by Crippen LogP contribution is 2.37. The zero-order chi connectivity index (χ0) is 14.8. The molecule has 1 atom stereocenters. The Kier molecular flexibility index (Phi) is 4.48. The molecule has 20 heavy (non-hydrogen) atoms. The third-order valence-electron chi connectivity index (χ3n) is 4.95. The maximum absolute atomic E-state index is 12.6. The van der Waals surface area contributed by atoms with E-state index in [0.29, 0.717) is 5.41 Å². The van der Waals surface area contributed by atoms with Gasteiger partial charge in [0.05, 0.1) is 0 Å². The minimum atomic E-state index is -0.528.